The van der Waals surface area contributed by atoms with Gasteiger partial charge in [-0.15, -0.1) is 24.0 Å². The molecule has 1 atom stereocenters. The van der Waals surface area contributed by atoms with Gasteiger partial charge in [0.25, 0.3) is 0 Å². The number of nitrogens with one attached hydrogen (secondary N) is 2. The van der Waals surface area contributed by atoms with E-state index in [2.05, 4.69) is 44.6 Å². The Balaban J connectivity index is 0.00000363. The van der Waals surface area contributed by atoms with Gasteiger partial charge < -0.3 is 25.0 Å². The Labute approximate surface area is 211 Å². The molecule has 2 fully saturated rings. The van der Waals surface area contributed by atoms with Crippen molar-refractivity contribution in [3.8, 4) is 5.75 Å². The second-order valence-corrected chi connectivity index (χ2v) is 8.59. The number of benzene rings is 1. The lowest BCUT2D eigenvalue weighted by atomic mass is 9.94. The van der Waals surface area contributed by atoms with Crippen LogP contribution in [0.2, 0.25) is 0 Å². The number of ether oxygens (including phenoxy) is 2. The largest absolute Gasteiger partial charge is 0.497 e. The third-order valence-electron chi connectivity index (χ3n) is 6.63. The molecule has 1 aromatic carbocycles. The SMILES string of the molecule is CN=C(NCCN(C)C1CCCCC1)NCC(c1ccc(OC)cc1)N1CCOCC1.I. The molecule has 2 aliphatic rings. The second kappa shape index (κ2) is 14.9. The highest BCUT2D eigenvalue weighted by atomic mass is 127. The van der Waals surface area contributed by atoms with Gasteiger partial charge in [0.05, 0.1) is 26.4 Å². The molecule has 0 aromatic heterocycles. The summed E-state index contributed by atoms with van der Waals surface area (Å²) in [6.45, 7) is 6.19. The first-order chi connectivity index (χ1) is 15.2. The molecule has 0 bridgehead atoms. The number of likely N-dealkylation sites (N-methyl/N-ethyl adjacent to an activating group) is 1. The van der Waals surface area contributed by atoms with Gasteiger partial charge in [-0.1, -0.05) is 31.4 Å². The number of hydrogen-bond donors (Lipinski definition) is 2. The van der Waals surface area contributed by atoms with E-state index in [-0.39, 0.29) is 30.0 Å². The Morgan fingerprint density at radius 1 is 1.16 bits per heavy atom. The van der Waals surface area contributed by atoms with Crippen LogP contribution in [0.3, 0.4) is 0 Å². The molecule has 182 valence electrons. The lowest BCUT2D eigenvalue weighted by Crippen LogP contribution is -2.47. The molecule has 1 aliphatic heterocycles. The minimum atomic E-state index is 0. The maximum Gasteiger partial charge on any atom is 0.191 e. The second-order valence-electron chi connectivity index (χ2n) is 8.59. The van der Waals surface area contributed by atoms with Gasteiger partial charge in [-0.25, -0.2) is 0 Å². The number of rotatable bonds is 9. The first kappa shape index (κ1) is 27.1. The minimum absolute atomic E-state index is 0. The monoisotopic (exact) mass is 559 g/mol. The van der Waals surface area contributed by atoms with E-state index >= 15 is 0 Å². The van der Waals surface area contributed by atoms with Gasteiger partial charge in [0.1, 0.15) is 5.75 Å². The Kier molecular flexibility index (Phi) is 12.7. The van der Waals surface area contributed by atoms with E-state index in [0.717, 1.165) is 63.7 Å². The van der Waals surface area contributed by atoms with Gasteiger partial charge in [-0.05, 0) is 37.6 Å². The molecule has 1 aromatic rings. The Hall–Kier alpha value is -1.10. The summed E-state index contributed by atoms with van der Waals surface area (Å²) >= 11 is 0. The van der Waals surface area contributed by atoms with E-state index in [1.54, 1.807) is 7.11 Å². The molecular formula is C24H42IN5O2. The third kappa shape index (κ3) is 8.35. The predicted octanol–water partition coefficient (Wildman–Crippen LogP) is 3.12. The van der Waals surface area contributed by atoms with Crippen molar-refractivity contribution in [2.24, 2.45) is 4.99 Å². The van der Waals surface area contributed by atoms with Crippen molar-refractivity contribution in [3.63, 3.8) is 0 Å². The molecule has 1 unspecified atom stereocenters. The maximum atomic E-state index is 5.57. The van der Waals surface area contributed by atoms with Crippen LogP contribution >= 0.6 is 24.0 Å². The molecule has 2 N–H and O–H groups in total. The van der Waals surface area contributed by atoms with Crippen LogP contribution in [-0.4, -0.2) is 88.9 Å². The standard InChI is InChI=1S/C24H41N5O2.HI/c1-25-24(26-13-14-28(2)21-7-5-4-6-8-21)27-19-23(29-15-17-31-18-16-29)20-9-11-22(30-3)12-10-20;/h9-12,21,23H,4-8,13-19H2,1-3H3,(H2,25,26,27);1H. The summed E-state index contributed by atoms with van der Waals surface area (Å²) in [6, 6.07) is 9.41. The van der Waals surface area contributed by atoms with Crippen molar-refractivity contribution in [3.05, 3.63) is 29.8 Å². The first-order valence-corrected chi connectivity index (χ1v) is 11.8. The molecular weight excluding hydrogens is 517 g/mol. The molecule has 0 spiro atoms. The van der Waals surface area contributed by atoms with Crippen LogP contribution < -0.4 is 15.4 Å². The molecule has 3 rings (SSSR count). The average Bonchev–Trinajstić information content (AvgIpc) is 2.84. The predicted molar refractivity (Wildman–Crippen MR) is 142 cm³/mol. The summed E-state index contributed by atoms with van der Waals surface area (Å²) in [5, 5.41) is 7.06. The molecule has 1 saturated carbocycles. The highest BCUT2D eigenvalue weighted by Gasteiger charge is 2.23. The fourth-order valence-electron chi connectivity index (χ4n) is 4.64. The normalized spacial score (nSPS) is 19.3. The zero-order chi connectivity index (χ0) is 21.9. The van der Waals surface area contributed by atoms with E-state index in [4.69, 9.17) is 9.47 Å². The zero-order valence-corrected chi connectivity index (χ0v) is 22.3. The van der Waals surface area contributed by atoms with Crippen molar-refractivity contribution in [2.75, 3.05) is 67.1 Å². The van der Waals surface area contributed by atoms with Gasteiger partial charge in [0.15, 0.2) is 5.96 Å². The van der Waals surface area contributed by atoms with Gasteiger partial charge >= 0.3 is 0 Å². The topological polar surface area (TPSA) is 61.4 Å². The van der Waals surface area contributed by atoms with Gasteiger partial charge in [-0.2, -0.15) is 0 Å². The van der Waals surface area contributed by atoms with E-state index in [0.29, 0.717) is 0 Å². The molecule has 0 radical (unpaired) electrons. The summed E-state index contributed by atoms with van der Waals surface area (Å²) in [4.78, 5) is 9.44. The minimum Gasteiger partial charge on any atom is -0.497 e. The summed E-state index contributed by atoms with van der Waals surface area (Å²) in [5.41, 5.74) is 1.28. The Morgan fingerprint density at radius 3 is 2.47 bits per heavy atom. The van der Waals surface area contributed by atoms with Crippen molar-refractivity contribution < 1.29 is 9.47 Å². The van der Waals surface area contributed by atoms with Crippen molar-refractivity contribution in [1.82, 2.24) is 20.4 Å². The molecule has 8 heteroatoms. The van der Waals surface area contributed by atoms with E-state index in [1.807, 2.05) is 19.2 Å². The quantitative estimate of drug-likeness (QED) is 0.276. The van der Waals surface area contributed by atoms with Crippen LogP contribution in [0.25, 0.3) is 0 Å². The zero-order valence-electron chi connectivity index (χ0n) is 20.0. The Morgan fingerprint density at radius 2 is 1.84 bits per heavy atom. The van der Waals surface area contributed by atoms with Crippen molar-refractivity contribution in [1.29, 1.82) is 0 Å². The molecule has 0 amide bonds. The van der Waals surface area contributed by atoms with Gasteiger partial charge in [0.2, 0.25) is 0 Å². The first-order valence-electron chi connectivity index (χ1n) is 11.8. The summed E-state index contributed by atoms with van der Waals surface area (Å²) < 4.78 is 10.9. The third-order valence-corrected chi connectivity index (χ3v) is 6.63. The summed E-state index contributed by atoms with van der Waals surface area (Å²) in [5.74, 6) is 1.75. The smallest absolute Gasteiger partial charge is 0.191 e. The number of aliphatic imine (C=N–C) groups is 1. The number of hydrogen-bond acceptors (Lipinski definition) is 5. The average molecular weight is 560 g/mol. The maximum absolute atomic E-state index is 5.57. The fourth-order valence-corrected chi connectivity index (χ4v) is 4.64. The van der Waals surface area contributed by atoms with Crippen LogP contribution in [0.4, 0.5) is 0 Å². The van der Waals surface area contributed by atoms with E-state index < -0.39 is 0 Å². The lowest BCUT2D eigenvalue weighted by Gasteiger charge is -2.35. The number of halogens is 1. The van der Waals surface area contributed by atoms with Crippen LogP contribution in [0, 0.1) is 0 Å². The van der Waals surface area contributed by atoms with Gasteiger partial charge in [0, 0.05) is 45.8 Å². The molecule has 1 heterocycles. The lowest BCUT2D eigenvalue weighted by molar-refractivity contribution is 0.0170. The number of morpholine rings is 1. The highest BCUT2D eigenvalue weighted by Crippen LogP contribution is 2.24. The molecule has 32 heavy (non-hydrogen) atoms. The van der Waals surface area contributed by atoms with Crippen LogP contribution in [-0.2, 0) is 4.74 Å². The van der Waals surface area contributed by atoms with Gasteiger partial charge in [-0.3, -0.25) is 9.89 Å². The van der Waals surface area contributed by atoms with Crippen LogP contribution in [0.5, 0.6) is 5.75 Å². The summed E-state index contributed by atoms with van der Waals surface area (Å²) in [6.07, 6.45) is 6.83. The van der Waals surface area contributed by atoms with Crippen molar-refractivity contribution >= 4 is 29.9 Å². The molecule has 1 saturated heterocycles. The van der Waals surface area contributed by atoms with Crippen molar-refractivity contribution in [2.45, 2.75) is 44.2 Å². The number of methoxy groups -OCH3 is 1. The number of nitrogens with zero attached hydrogens (tertiary/aromatic N) is 3. The molecule has 1 aliphatic carbocycles. The number of guanidine groups is 1. The van der Waals surface area contributed by atoms with E-state index in [9.17, 15) is 0 Å². The van der Waals surface area contributed by atoms with Crippen LogP contribution in [0.1, 0.15) is 43.7 Å². The molecule has 7 nitrogen and oxygen atoms in total. The Bertz CT molecular complexity index is 661. The summed E-state index contributed by atoms with van der Waals surface area (Å²) in [7, 11) is 5.81. The van der Waals surface area contributed by atoms with Crippen LogP contribution in [0.15, 0.2) is 29.3 Å². The highest BCUT2D eigenvalue weighted by molar-refractivity contribution is 14.0. The fraction of sp³-hybridized carbons (Fsp3) is 0.708. The van der Waals surface area contributed by atoms with E-state index in [1.165, 1.54) is 37.7 Å².